The van der Waals surface area contributed by atoms with Gasteiger partial charge < -0.3 is 15.2 Å². The molecular formula is C12H14NO3-. The molecule has 86 valence electrons. The van der Waals surface area contributed by atoms with Gasteiger partial charge in [-0.05, 0) is 23.6 Å². The molecule has 0 aliphatic heterocycles. The fourth-order valence-corrected chi connectivity index (χ4v) is 1.31. The van der Waals surface area contributed by atoms with Crippen LogP contribution >= 0.6 is 0 Å². The van der Waals surface area contributed by atoms with Crippen LogP contribution in [0.15, 0.2) is 24.3 Å². The van der Waals surface area contributed by atoms with Gasteiger partial charge in [-0.15, -0.1) is 0 Å². The Morgan fingerprint density at radius 1 is 1.38 bits per heavy atom. The SMILES string of the molecule is CC(C)CC(=O)Nc1cccc(C(=O)[O-])c1. The summed E-state index contributed by atoms with van der Waals surface area (Å²) in [4.78, 5) is 22.0. The van der Waals surface area contributed by atoms with E-state index in [-0.39, 0.29) is 17.4 Å². The standard InChI is InChI=1S/C12H15NO3/c1-8(2)6-11(14)13-10-5-3-4-9(7-10)12(15)16/h3-5,7-8H,6H2,1-2H3,(H,13,14)(H,15,16)/p-1. The highest BCUT2D eigenvalue weighted by molar-refractivity contribution is 5.93. The minimum Gasteiger partial charge on any atom is -0.545 e. The highest BCUT2D eigenvalue weighted by Crippen LogP contribution is 2.11. The fraction of sp³-hybridized carbons (Fsp3) is 0.333. The zero-order valence-corrected chi connectivity index (χ0v) is 9.32. The number of hydrogen-bond donors (Lipinski definition) is 1. The van der Waals surface area contributed by atoms with Gasteiger partial charge in [0.1, 0.15) is 0 Å². The van der Waals surface area contributed by atoms with Gasteiger partial charge in [0.2, 0.25) is 5.91 Å². The van der Waals surface area contributed by atoms with Crippen LogP contribution < -0.4 is 10.4 Å². The average Bonchev–Trinajstić information content (AvgIpc) is 2.16. The van der Waals surface area contributed by atoms with Crippen molar-refractivity contribution in [1.82, 2.24) is 0 Å². The van der Waals surface area contributed by atoms with E-state index in [1.165, 1.54) is 12.1 Å². The molecule has 0 saturated heterocycles. The smallest absolute Gasteiger partial charge is 0.224 e. The summed E-state index contributed by atoms with van der Waals surface area (Å²) in [5.41, 5.74) is 0.537. The number of carbonyl (C=O) groups is 2. The molecule has 4 heteroatoms. The Labute approximate surface area is 94.3 Å². The number of aromatic carboxylic acids is 1. The van der Waals surface area contributed by atoms with Crippen LogP contribution in [0.5, 0.6) is 0 Å². The van der Waals surface area contributed by atoms with E-state index >= 15 is 0 Å². The van der Waals surface area contributed by atoms with Gasteiger partial charge in [0, 0.05) is 12.1 Å². The number of hydrogen-bond acceptors (Lipinski definition) is 3. The van der Waals surface area contributed by atoms with Crippen molar-refractivity contribution in [3.05, 3.63) is 29.8 Å². The Balaban J connectivity index is 2.70. The lowest BCUT2D eigenvalue weighted by Crippen LogP contribution is -2.22. The summed E-state index contributed by atoms with van der Waals surface area (Å²) in [5.74, 6) is -1.10. The molecule has 0 aliphatic rings. The predicted molar refractivity (Wildman–Crippen MR) is 58.9 cm³/mol. The molecule has 0 aliphatic carbocycles. The molecular weight excluding hydrogens is 206 g/mol. The third-order valence-electron chi connectivity index (χ3n) is 1.98. The van der Waals surface area contributed by atoms with E-state index in [4.69, 9.17) is 0 Å². The highest BCUT2D eigenvalue weighted by Gasteiger charge is 2.05. The first-order valence-corrected chi connectivity index (χ1v) is 5.10. The molecule has 0 aromatic heterocycles. The Morgan fingerprint density at radius 2 is 2.06 bits per heavy atom. The van der Waals surface area contributed by atoms with Crippen molar-refractivity contribution in [2.45, 2.75) is 20.3 Å². The number of carbonyl (C=O) groups excluding carboxylic acids is 2. The Hall–Kier alpha value is -1.84. The number of nitrogens with one attached hydrogen (secondary N) is 1. The van der Waals surface area contributed by atoms with Gasteiger partial charge in [0.05, 0.1) is 5.97 Å². The van der Waals surface area contributed by atoms with Gasteiger partial charge in [0.25, 0.3) is 0 Å². The molecule has 0 atom stereocenters. The van der Waals surface area contributed by atoms with Crippen molar-refractivity contribution in [3.8, 4) is 0 Å². The zero-order chi connectivity index (χ0) is 12.1. The van der Waals surface area contributed by atoms with Crippen LogP contribution in [0, 0.1) is 5.92 Å². The second-order valence-electron chi connectivity index (χ2n) is 4.01. The Kier molecular flexibility index (Phi) is 4.05. The highest BCUT2D eigenvalue weighted by atomic mass is 16.4. The second-order valence-corrected chi connectivity index (χ2v) is 4.01. The summed E-state index contributed by atoms with van der Waals surface area (Å²) in [7, 11) is 0. The first kappa shape index (κ1) is 12.2. The number of carboxylic acid groups (broad SMARTS) is 1. The molecule has 1 rings (SSSR count). The topological polar surface area (TPSA) is 69.2 Å². The maximum Gasteiger partial charge on any atom is 0.224 e. The molecule has 0 heterocycles. The zero-order valence-electron chi connectivity index (χ0n) is 9.32. The van der Waals surface area contributed by atoms with Gasteiger partial charge in [-0.3, -0.25) is 4.79 Å². The Morgan fingerprint density at radius 3 is 2.62 bits per heavy atom. The van der Waals surface area contributed by atoms with E-state index in [1.54, 1.807) is 12.1 Å². The van der Waals surface area contributed by atoms with Gasteiger partial charge in [0.15, 0.2) is 0 Å². The van der Waals surface area contributed by atoms with Crippen molar-refractivity contribution < 1.29 is 14.7 Å². The molecule has 0 spiro atoms. The fourth-order valence-electron chi connectivity index (χ4n) is 1.31. The molecule has 0 bridgehead atoms. The quantitative estimate of drug-likeness (QED) is 0.824. The number of carboxylic acids is 1. The van der Waals surface area contributed by atoms with Crippen LogP contribution in [-0.4, -0.2) is 11.9 Å². The monoisotopic (exact) mass is 220 g/mol. The molecule has 0 radical (unpaired) electrons. The van der Waals surface area contributed by atoms with Crippen molar-refractivity contribution in [2.75, 3.05) is 5.32 Å². The number of anilines is 1. The average molecular weight is 220 g/mol. The Bertz CT molecular complexity index is 399. The van der Waals surface area contributed by atoms with Gasteiger partial charge in [-0.25, -0.2) is 0 Å². The number of benzene rings is 1. The molecule has 1 aromatic rings. The van der Waals surface area contributed by atoms with Gasteiger partial charge in [-0.2, -0.15) is 0 Å². The van der Waals surface area contributed by atoms with Gasteiger partial charge in [-0.1, -0.05) is 26.0 Å². The first-order valence-electron chi connectivity index (χ1n) is 5.10. The van der Waals surface area contributed by atoms with Crippen molar-refractivity contribution in [2.24, 2.45) is 5.92 Å². The van der Waals surface area contributed by atoms with E-state index in [1.807, 2.05) is 13.8 Å². The third kappa shape index (κ3) is 3.73. The molecule has 1 N–H and O–H groups in total. The molecule has 4 nitrogen and oxygen atoms in total. The van der Waals surface area contributed by atoms with E-state index in [9.17, 15) is 14.7 Å². The number of amides is 1. The van der Waals surface area contributed by atoms with Crippen LogP contribution in [-0.2, 0) is 4.79 Å². The lowest BCUT2D eigenvalue weighted by atomic mass is 10.1. The molecule has 16 heavy (non-hydrogen) atoms. The summed E-state index contributed by atoms with van der Waals surface area (Å²) in [5, 5.41) is 13.2. The summed E-state index contributed by atoms with van der Waals surface area (Å²) < 4.78 is 0. The largest absolute Gasteiger partial charge is 0.545 e. The van der Waals surface area contributed by atoms with E-state index in [0.717, 1.165) is 0 Å². The molecule has 0 saturated carbocycles. The second kappa shape index (κ2) is 5.30. The van der Waals surface area contributed by atoms with Crippen LogP contribution in [0.3, 0.4) is 0 Å². The van der Waals surface area contributed by atoms with Crippen molar-refractivity contribution in [1.29, 1.82) is 0 Å². The lowest BCUT2D eigenvalue weighted by Gasteiger charge is -2.09. The maximum atomic E-state index is 11.4. The number of rotatable bonds is 4. The predicted octanol–water partition coefficient (Wildman–Crippen LogP) is 1.03. The molecule has 0 unspecified atom stereocenters. The van der Waals surface area contributed by atoms with Gasteiger partial charge >= 0.3 is 0 Å². The van der Waals surface area contributed by atoms with E-state index in [0.29, 0.717) is 12.1 Å². The van der Waals surface area contributed by atoms with E-state index < -0.39 is 5.97 Å². The minimum atomic E-state index is -1.25. The molecule has 1 amide bonds. The van der Waals surface area contributed by atoms with Crippen molar-refractivity contribution >= 4 is 17.6 Å². The molecule has 0 fully saturated rings. The van der Waals surface area contributed by atoms with E-state index in [2.05, 4.69) is 5.32 Å². The maximum absolute atomic E-state index is 11.4. The lowest BCUT2D eigenvalue weighted by molar-refractivity contribution is -0.255. The minimum absolute atomic E-state index is 0.0577. The first-order chi connectivity index (χ1) is 7.49. The van der Waals surface area contributed by atoms with Crippen LogP contribution in [0.1, 0.15) is 30.6 Å². The summed E-state index contributed by atoms with van der Waals surface area (Å²) >= 11 is 0. The summed E-state index contributed by atoms with van der Waals surface area (Å²) in [6.07, 6.45) is 0.412. The molecule has 1 aromatic carbocycles. The van der Waals surface area contributed by atoms with Crippen LogP contribution in [0.25, 0.3) is 0 Å². The van der Waals surface area contributed by atoms with Crippen molar-refractivity contribution in [3.63, 3.8) is 0 Å². The summed E-state index contributed by atoms with van der Waals surface area (Å²) in [6, 6.07) is 6.02. The third-order valence-corrected chi connectivity index (χ3v) is 1.98. The van der Waals surface area contributed by atoms with Crippen LogP contribution in [0.2, 0.25) is 0 Å². The normalized spacial score (nSPS) is 10.2. The summed E-state index contributed by atoms with van der Waals surface area (Å²) in [6.45, 7) is 3.88. The van der Waals surface area contributed by atoms with Crippen LogP contribution in [0.4, 0.5) is 5.69 Å².